The summed E-state index contributed by atoms with van der Waals surface area (Å²) < 4.78 is 1.34. The fourth-order valence-electron chi connectivity index (χ4n) is 4.41. The summed E-state index contributed by atoms with van der Waals surface area (Å²) in [7, 11) is 0. The largest absolute Gasteiger partial charge is 0.303 e. The van der Waals surface area contributed by atoms with Gasteiger partial charge in [0.25, 0.3) is 0 Å². The first-order valence-electron chi connectivity index (χ1n) is 7.93. The molecule has 1 atom stereocenters. The van der Waals surface area contributed by atoms with Crippen molar-refractivity contribution in [2.24, 2.45) is 16.8 Å². The fraction of sp³-hybridized carbons (Fsp3) is 0.471. The minimum Gasteiger partial charge on any atom is -0.303 e. The molecule has 2 heterocycles. The number of amidine groups is 1. The van der Waals surface area contributed by atoms with Crippen LogP contribution in [0, 0.1) is 11.8 Å². The predicted octanol–water partition coefficient (Wildman–Crippen LogP) is 3.66. The molecule has 3 fully saturated rings. The van der Waals surface area contributed by atoms with Gasteiger partial charge in [0.05, 0.1) is 0 Å². The second kappa shape index (κ2) is 4.31. The second-order valence-corrected chi connectivity index (χ2v) is 7.68. The number of hydrogen-bond donors (Lipinski definition) is 2. The summed E-state index contributed by atoms with van der Waals surface area (Å²) in [6, 6.07) is 8.83. The molecular weight excluding hydrogens is 278 g/mol. The number of nitrogens with one attached hydrogen (secondary N) is 2. The van der Waals surface area contributed by atoms with E-state index in [0.29, 0.717) is 5.92 Å². The summed E-state index contributed by atoms with van der Waals surface area (Å²) >= 11 is 1.79. The number of nitrogens with zero attached hydrogens (tertiary/aromatic N) is 1. The zero-order valence-electron chi connectivity index (χ0n) is 11.9. The molecule has 1 aromatic heterocycles. The van der Waals surface area contributed by atoms with Crippen LogP contribution in [0.4, 0.5) is 0 Å². The number of aliphatic imine (C=N–C) groups is 1. The van der Waals surface area contributed by atoms with Crippen molar-refractivity contribution in [3.8, 4) is 0 Å². The van der Waals surface area contributed by atoms with Crippen LogP contribution in [0.2, 0.25) is 0 Å². The van der Waals surface area contributed by atoms with Gasteiger partial charge >= 0.3 is 0 Å². The van der Waals surface area contributed by atoms with Gasteiger partial charge in [-0.1, -0.05) is 0 Å². The van der Waals surface area contributed by atoms with Crippen LogP contribution in [-0.2, 0) is 0 Å². The topological polar surface area (TPSA) is 36.4 Å². The Morgan fingerprint density at radius 3 is 2.86 bits per heavy atom. The summed E-state index contributed by atoms with van der Waals surface area (Å²) in [5, 5.41) is 3.46. The second-order valence-electron chi connectivity index (χ2n) is 6.73. The van der Waals surface area contributed by atoms with Crippen LogP contribution in [0.3, 0.4) is 0 Å². The van der Waals surface area contributed by atoms with Crippen LogP contribution >= 0.6 is 11.3 Å². The zero-order valence-corrected chi connectivity index (χ0v) is 12.7. The molecule has 2 N–H and O–H groups in total. The fourth-order valence-corrected chi connectivity index (χ4v) is 5.19. The first-order valence-corrected chi connectivity index (χ1v) is 8.81. The lowest BCUT2D eigenvalue weighted by Crippen LogP contribution is -2.56. The molecule has 2 aromatic rings. The van der Waals surface area contributed by atoms with Gasteiger partial charge in [-0.05, 0) is 79.0 Å². The average Bonchev–Trinajstić information content (AvgIpc) is 3.15. The third-order valence-corrected chi connectivity index (χ3v) is 6.45. The van der Waals surface area contributed by atoms with Crippen LogP contribution < -0.4 is 10.9 Å². The van der Waals surface area contributed by atoms with Gasteiger partial charge in [0.1, 0.15) is 11.5 Å². The van der Waals surface area contributed by atoms with E-state index in [9.17, 15) is 0 Å². The number of thiophene rings is 1. The molecule has 4 aliphatic rings. The maximum absolute atomic E-state index is 5.12. The normalized spacial score (nSPS) is 34.4. The van der Waals surface area contributed by atoms with Crippen molar-refractivity contribution in [3.05, 3.63) is 35.2 Å². The lowest BCUT2D eigenvalue weighted by atomic mass is 9.65. The van der Waals surface area contributed by atoms with Gasteiger partial charge in [0.15, 0.2) is 0 Å². The molecule has 4 heteroatoms. The van der Waals surface area contributed by atoms with Crippen LogP contribution in [0.5, 0.6) is 0 Å². The zero-order chi connectivity index (χ0) is 13.9. The SMILES string of the molecule is c1cc2cc(C3=NC4(CC5CCC4CC5)NN3)ccc2s1. The van der Waals surface area contributed by atoms with Gasteiger partial charge in [-0.2, -0.15) is 0 Å². The Hall–Kier alpha value is -1.39. The first-order chi connectivity index (χ1) is 10.3. The monoisotopic (exact) mass is 297 g/mol. The van der Waals surface area contributed by atoms with E-state index in [1.807, 2.05) is 0 Å². The van der Waals surface area contributed by atoms with E-state index in [2.05, 4.69) is 40.5 Å². The minimum absolute atomic E-state index is 0.0277. The van der Waals surface area contributed by atoms with Gasteiger partial charge in [0.2, 0.25) is 0 Å². The number of fused-ring (bicyclic) bond motifs is 3. The van der Waals surface area contributed by atoms with Gasteiger partial charge < -0.3 is 5.43 Å². The lowest BCUT2D eigenvalue weighted by molar-refractivity contribution is 0.0506. The highest BCUT2D eigenvalue weighted by atomic mass is 32.1. The molecule has 3 saturated carbocycles. The molecule has 6 rings (SSSR count). The summed E-state index contributed by atoms with van der Waals surface area (Å²) in [5.74, 6) is 2.60. The molecule has 0 saturated heterocycles. The Morgan fingerprint density at radius 1 is 1.14 bits per heavy atom. The van der Waals surface area contributed by atoms with Gasteiger partial charge in [0, 0.05) is 10.3 Å². The van der Waals surface area contributed by atoms with E-state index in [-0.39, 0.29) is 5.66 Å². The van der Waals surface area contributed by atoms with Crippen molar-refractivity contribution in [2.75, 3.05) is 0 Å². The molecule has 3 nitrogen and oxygen atoms in total. The summed E-state index contributed by atoms with van der Waals surface area (Å²) in [5.41, 5.74) is 8.09. The Labute approximate surface area is 128 Å². The number of benzene rings is 1. The van der Waals surface area contributed by atoms with E-state index in [1.165, 1.54) is 47.8 Å². The van der Waals surface area contributed by atoms with Crippen molar-refractivity contribution in [1.29, 1.82) is 0 Å². The van der Waals surface area contributed by atoms with Crippen LogP contribution in [0.1, 0.15) is 37.7 Å². The Balaban J connectivity index is 1.53. The maximum atomic E-state index is 5.12. The van der Waals surface area contributed by atoms with E-state index in [1.54, 1.807) is 11.3 Å². The molecule has 21 heavy (non-hydrogen) atoms. The molecule has 1 aliphatic heterocycles. The molecule has 2 bridgehead atoms. The highest BCUT2D eigenvalue weighted by Gasteiger charge is 2.49. The summed E-state index contributed by atoms with van der Waals surface area (Å²) in [4.78, 5) is 5.12. The van der Waals surface area contributed by atoms with Crippen molar-refractivity contribution in [3.63, 3.8) is 0 Å². The number of rotatable bonds is 1. The van der Waals surface area contributed by atoms with Crippen LogP contribution in [0.25, 0.3) is 10.1 Å². The number of hydrazine groups is 1. The highest BCUT2D eigenvalue weighted by Crippen LogP contribution is 2.48. The third kappa shape index (κ3) is 1.79. The Bertz CT molecular complexity index is 726. The van der Waals surface area contributed by atoms with Crippen molar-refractivity contribution in [2.45, 2.75) is 37.8 Å². The third-order valence-electron chi connectivity index (χ3n) is 5.56. The standard InChI is InChI=1S/C17H19N3S/c1-4-14-5-2-11(1)10-17(14)18-16(19-20-17)13-3-6-15-12(9-13)7-8-21-15/h3,6-9,11,14,20H,1-2,4-5,10H2,(H,18,19). The molecular formula is C17H19N3S. The Morgan fingerprint density at radius 2 is 2.05 bits per heavy atom. The van der Waals surface area contributed by atoms with Crippen molar-refractivity contribution in [1.82, 2.24) is 10.9 Å². The molecule has 1 aromatic carbocycles. The van der Waals surface area contributed by atoms with Crippen LogP contribution in [-0.4, -0.2) is 11.5 Å². The summed E-state index contributed by atoms with van der Waals surface area (Å²) in [6.45, 7) is 0. The summed E-state index contributed by atoms with van der Waals surface area (Å²) in [6.07, 6.45) is 6.67. The molecule has 108 valence electrons. The van der Waals surface area contributed by atoms with E-state index >= 15 is 0 Å². The van der Waals surface area contributed by atoms with E-state index in [4.69, 9.17) is 4.99 Å². The quantitative estimate of drug-likeness (QED) is 0.842. The molecule has 1 unspecified atom stereocenters. The smallest absolute Gasteiger partial charge is 0.144 e. The predicted molar refractivity (Wildman–Crippen MR) is 87.4 cm³/mol. The molecule has 1 spiro atoms. The highest BCUT2D eigenvalue weighted by molar-refractivity contribution is 7.17. The minimum atomic E-state index is -0.0277. The van der Waals surface area contributed by atoms with Crippen LogP contribution in [0.15, 0.2) is 34.6 Å². The first kappa shape index (κ1) is 12.2. The average molecular weight is 297 g/mol. The lowest BCUT2D eigenvalue weighted by Gasteiger charge is -2.47. The van der Waals surface area contributed by atoms with E-state index < -0.39 is 0 Å². The van der Waals surface area contributed by atoms with Gasteiger partial charge in [-0.25, -0.2) is 10.4 Å². The maximum Gasteiger partial charge on any atom is 0.144 e. The molecule has 0 amide bonds. The van der Waals surface area contributed by atoms with E-state index in [0.717, 1.165) is 11.8 Å². The van der Waals surface area contributed by atoms with Gasteiger partial charge in [-0.15, -0.1) is 11.3 Å². The van der Waals surface area contributed by atoms with Crippen molar-refractivity contribution >= 4 is 27.3 Å². The number of hydrogen-bond acceptors (Lipinski definition) is 4. The molecule has 0 radical (unpaired) electrons. The Kier molecular flexibility index (Phi) is 2.50. The molecule has 3 aliphatic carbocycles. The van der Waals surface area contributed by atoms with Gasteiger partial charge in [-0.3, -0.25) is 0 Å². The van der Waals surface area contributed by atoms with Crippen molar-refractivity contribution < 1.29 is 0 Å².